The number of fused-ring (bicyclic) bond motifs is 1. The highest BCUT2D eigenvalue weighted by Gasteiger charge is 2.39. The second-order valence-corrected chi connectivity index (χ2v) is 8.63. The minimum atomic E-state index is -0.785. The van der Waals surface area contributed by atoms with E-state index in [1.165, 1.54) is 11.3 Å². The number of anilines is 1. The Bertz CT molecular complexity index is 1120. The number of aromatic hydroxyl groups is 1. The highest BCUT2D eigenvalue weighted by Crippen LogP contribution is 2.42. The van der Waals surface area contributed by atoms with Gasteiger partial charge in [0.1, 0.15) is 5.75 Å². The molecule has 4 nitrogen and oxygen atoms in total. The first-order valence-corrected chi connectivity index (χ1v) is 10.3. The molecule has 4 aromatic rings. The van der Waals surface area contributed by atoms with Gasteiger partial charge < -0.3 is 10.4 Å². The van der Waals surface area contributed by atoms with Crippen molar-refractivity contribution in [1.29, 1.82) is 0 Å². The Hall–Kier alpha value is -3.18. The predicted octanol–water partition coefficient (Wildman–Crippen LogP) is 5.80. The summed E-state index contributed by atoms with van der Waals surface area (Å²) in [4.78, 5) is 17.9. The van der Waals surface area contributed by atoms with Crippen molar-refractivity contribution in [2.45, 2.75) is 19.8 Å². The molecule has 1 unspecified atom stereocenters. The van der Waals surface area contributed by atoms with E-state index < -0.39 is 5.41 Å². The van der Waals surface area contributed by atoms with E-state index in [4.69, 9.17) is 0 Å². The van der Waals surface area contributed by atoms with E-state index in [0.717, 1.165) is 21.3 Å². The van der Waals surface area contributed by atoms with Crippen LogP contribution in [0.15, 0.2) is 78.9 Å². The number of amides is 1. The Kier molecular flexibility index (Phi) is 5.07. The van der Waals surface area contributed by atoms with E-state index in [0.29, 0.717) is 5.13 Å². The molecule has 0 aliphatic heterocycles. The number of rotatable bonds is 5. The van der Waals surface area contributed by atoms with Crippen LogP contribution in [0.2, 0.25) is 0 Å². The van der Waals surface area contributed by atoms with Gasteiger partial charge in [-0.1, -0.05) is 79.8 Å². The van der Waals surface area contributed by atoms with E-state index in [1.807, 2.05) is 80.6 Å². The fourth-order valence-corrected chi connectivity index (χ4v) is 4.55. The normalized spacial score (nSPS) is 12.6. The number of phenolic OH excluding ortho intramolecular Hbond substituents is 1. The van der Waals surface area contributed by atoms with Crippen LogP contribution in [0, 0.1) is 5.41 Å². The summed E-state index contributed by atoms with van der Waals surface area (Å²) in [7, 11) is 0. The summed E-state index contributed by atoms with van der Waals surface area (Å²) in [5.74, 6) is -0.162. The monoisotopic (exact) mass is 402 g/mol. The third-order valence-electron chi connectivity index (χ3n) is 5.16. The molecule has 1 atom stereocenters. The van der Waals surface area contributed by atoms with Gasteiger partial charge in [-0.05, 0) is 35.4 Å². The second kappa shape index (κ2) is 7.68. The molecule has 4 rings (SSSR count). The lowest BCUT2D eigenvalue weighted by Crippen LogP contribution is -2.37. The van der Waals surface area contributed by atoms with Crippen LogP contribution in [0.25, 0.3) is 10.2 Å². The highest BCUT2D eigenvalue weighted by molar-refractivity contribution is 7.22. The van der Waals surface area contributed by atoms with E-state index in [9.17, 15) is 9.90 Å². The number of thiazole rings is 1. The van der Waals surface area contributed by atoms with Gasteiger partial charge in [0, 0.05) is 5.92 Å². The molecule has 0 bridgehead atoms. The van der Waals surface area contributed by atoms with Crippen molar-refractivity contribution in [1.82, 2.24) is 4.98 Å². The maximum atomic E-state index is 13.4. The van der Waals surface area contributed by atoms with E-state index in [-0.39, 0.29) is 17.6 Å². The van der Waals surface area contributed by atoms with Crippen LogP contribution in [0.3, 0.4) is 0 Å². The number of phenols is 1. The summed E-state index contributed by atoms with van der Waals surface area (Å²) in [5.41, 5.74) is 1.99. The van der Waals surface area contributed by atoms with Gasteiger partial charge in [0.05, 0.1) is 15.6 Å². The van der Waals surface area contributed by atoms with Gasteiger partial charge in [-0.15, -0.1) is 0 Å². The SMILES string of the molecule is CC(C)(C(=O)Nc1nc2ccccc2s1)C(c1ccccc1)c1cccc(O)c1. The van der Waals surface area contributed by atoms with Crippen molar-refractivity contribution in [3.05, 3.63) is 90.0 Å². The minimum absolute atomic E-state index is 0.117. The quantitative estimate of drug-likeness (QED) is 0.443. The smallest absolute Gasteiger partial charge is 0.232 e. The van der Waals surface area contributed by atoms with Crippen molar-refractivity contribution >= 4 is 32.6 Å². The summed E-state index contributed by atoms with van der Waals surface area (Å²) in [6.07, 6.45) is 0. The first kappa shape index (κ1) is 19.2. The average Bonchev–Trinajstić information content (AvgIpc) is 3.11. The third-order valence-corrected chi connectivity index (χ3v) is 6.11. The van der Waals surface area contributed by atoms with E-state index in [2.05, 4.69) is 10.3 Å². The Balaban J connectivity index is 1.71. The summed E-state index contributed by atoms with van der Waals surface area (Å²) in [6.45, 7) is 3.86. The highest BCUT2D eigenvalue weighted by atomic mass is 32.1. The number of nitrogens with one attached hydrogen (secondary N) is 1. The Labute approximate surface area is 173 Å². The lowest BCUT2D eigenvalue weighted by molar-refractivity contribution is -0.124. The van der Waals surface area contributed by atoms with Crippen molar-refractivity contribution in [3.8, 4) is 5.75 Å². The lowest BCUT2D eigenvalue weighted by atomic mass is 9.70. The van der Waals surface area contributed by atoms with E-state index >= 15 is 0 Å². The molecule has 0 saturated heterocycles. The van der Waals surface area contributed by atoms with Crippen LogP contribution in [0.1, 0.15) is 30.9 Å². The van der Waals surface area contributed by atoms with E-state index in [1.54, 1.807) is 12.1 Å². The standard InChI is InChI=1S/C24H22N2O2S/c1-24(2,22(28)26-23-25-19-13-6-7-14-20(19)29-23)21(16-9-4-3-5-10-16)17-11-8-12-18(27)15-17/h3-15,21,27H,1-2H3,(H,25,26,28). The number of hydrogen-bond donors (Lipinski definition) is 2. The molecule has 0 spiro atoms. The van der Waals surface area contributed by atoms with Gasteiger partial charge in [-0.3, -0.25) is 4.79 Å². The summed E-state index contributed by atoms with van der Waals surface area (Å²) in [6, 6.07) is 24.9. The maximum absolute atomic E-state index is 13.4. The van der Waals surface area contributed by atoms with Crippen molar-refractivity contribution in [2.24, 2.45) is 5.41 Å². The van der Waals surface area contributed by atoms with Crippen LogP contribution in [0.4, 0.5) is 5.13 Å². The van der Waals surface area contributed by atoms with Crippen LogP contribution in [0.5, 0.6) is 5.75 Å². The number of carbonyl (C=O) groups excluding carboxylic acids is 1. The Morgan fingerprint density at radius 1 is 0.966 bits per heavy atom. The van der Waals surface area contributed by atoms with Crippen molar-refractivity contribution in [3.63, 3.8) is 0 Å². The number of nitrogens with zero attached hydrogens (tertiary/aromatic N) is 1. The molecule has 1 amide bonds. The molecule has 0 aliphatic rings. The summed E-state index contributed by atoms with van der Waals surface area (Å²) < 4.78 is 1.04. The molecule has 5 heteroatoms. The molecule has 146 valence electrons. The molecule has 0 fully saturated rings. The molecule has 1 heterocycles. The number of benzene rings is 3. The minimum Gasteiger partial charge on any atom is -0.508 e. The molecule has 29 heavy (non-hydrogen) atoms. The van der Waals surface area contributed by atoms with Crippen LogP contribution in [-0.2, 0) is 4.79 Å². The lowest BCUT2D eigenvalue weighted by Gasteiger charge is -2.33. The van der Waals surface area contributed by atoms with Gasteiger partial charge in [0.25, 0.3) is 0 Å². The Morgan fingerprint density at radius 3 is 2.38 bits per heavy atom. The van der Waals surface area contributed by atoms with Gasteiger partial charge in [0.2, 0.25) is 5.91 Å². The molecular formula is C24H22N2O2S. The molecule has 3 aromatic carbocycles. The number of para-hydroxylation sites is 1. The van der Waals surface area contributed by atoms with Gasteiger partial charge in [-0.25, -0.2) is 4.98 Å². The first-order valence-electron chi connectivity index (χ1n) is 9.46. The summed E-state index contributed by atoms with van der Waals surface area (Å²) >= 11 is 1.46. The number of hydrogen-bond acceptors (Lipinski definition) is 4. The fraction of sp³-hybridized carbons (Fsp3) is 0.167. The topological polar surface area (TPSA) is 62.2 Å². The second-order valence-electron chi connectivity index (χ2n) is 7.60. The number of aromatic nitrogens is 1. The molecule has 0 radical (unpaired) electrons. The average molecular weight is 403 g/mol. The van der Waals surface area contributed by atoms with Crippen molar-refractivity contribution in [2.75, 3.05) is 5.32 Å². The molecule has 0 aliphatic carbocycles. The zero-order valence-corrected chi connectivity index (χ0v) is 17.1. The first-order chi connectivity index (χ1) is 13.9. The molecule has 2 N–H and O–H groups in total. The van der Waals surface area contributed by atoms with Crippen LogP contribution < -0.4 is 5.32 Å². The van der Waals surface area contributed by atoms with Crippen LogP contribution >= 0.6 is 11.3 Å². The predicted molar refractivity (Wildman–Crippen MR) is 118 cm³/mol. The maximum Gasteiger partial charge on any atom is 0.232 e. The third kappa shape index (κ3) is 3.87. The van der Waals surface area contributed by atoms with Gasteiger partial charge >= 0.3 is 0 Å². The zero-order chi connectivity index (χ0) is 20.4. The largest absolute Gasteiger partial charge is 0.508 e. The number of carbonyl (C=O) groups is 1. The molecule has 1 aromatic heterocycles. The van der Waals surface area contributed by atoms with Gasteiger partial charge in [0.15, 0.2) is 5.13 Å². The Morgan fingerprint density at radius 2 is 1.66 bits per heavy atom. The zero-order valence-electron chi connectivity index (χ0n) is 16.3. The van der Waals surface area contributed by atoms with Crippen LogP contribution in [-0.4, -0.2) is 16.0 Å². The summed E-state index contributed by atoms with van der Waals surface area (Å²) in [5, 5.41) is 13.6. The van der Waals surface area contributed by atoms with Gasteiger partial charge in [-0.2, -0.15) is 0 Å². The fourth-order valence-electron chi connectivity index (χ4n) is 3.69. The molecule has 0 saturated carbocycles. The van der Waals surface area contributed by atoms with Crippen molar-refractivity contribution < 1.29 is 9.90 Å². The molecular weight excluding hydrogens is 380 g/mol.